The average Bonchev–Trinajstić information content (AvgIpc) is 3.16. The second kappa shape index (κ2) is 6.23. The Morgan fingerprint density at radius 1 is 1.48 bits per heavy atom. The van der Waals surface area contributed by atoms with Gasteiger partial charge in [0.15, 0.2) is 5.82 Å². The number of rotatable bonds is 5. The van der Waals surface area contributed by atoms with Gasteiger partial charge in [-0.1, -0.05) is 19.0 Å². The largest absolute Gasteiger partial charge is 0.339 e. The summed E-state index contributed by atoms with van der Waals surface area (Å²) in [5.74, 6) is 1.90. The molecule has 0 spiro atoms. The van der Waals surface area contributed by atoms with E-state index >= 15 is 0 Å². The van der Waals surface area contributed by atoms with Gasteiger partial charge in [-0.15, -0.1) is 11.3 Å². The van der Waals surface area contributed by atoms with Crippen molar-refractivity contribution in [3.63, 3.8) is 0 Å². The first kappa shape index (κ1) is 14.7. The van der Waals surface area contributed by atoms with Crippen molar-refractivity contribution >= 4 is 11.3 Å². The molecule has 0 aromatic carbocycles. The third kappa shape index (κ3) is 3.16. The van der Waals surface area contributed by atoms with Gasteiger partial charge in [0.25, 0.3) is 0 Å². The summed E-state index contributed by atoms with van der Waals surface area (Å²) in [5.41, 5.74) is 3.10. The van der Waals surface area contributed by atoms with Crippen LogP contribution in [-0.4, -0.2) is 33.1 Å². The molecule has 0 amide bonds. The van der Waals surface area contributed by atoms with Crippen molar-refractivity contribution in [2.24, 2.45) is 0 Å². The molecule has 0 radical (unpaired) electrons. The van der Waals surface area contributed by atoms with Gasteiger partial charge in [-0.2, -0.15) is 4.98 Å². The molecule has 21 heavy (non-hydrogen) atoms. The standard InChI is InChI=1S/C15H22N4OS/c1-10(2)15-17-14(18-20-15)12-5-4-7-19(12)8-6-13-11(3)16-9-21-13/h9-10,12H,4-8H2,1-3H3/t12-/m0/s1. The van der Waals surface area contributed by atoms with Gasteiger partial charge in [-0.25, -0.2) is 4.98 Å². The first-order valence-electron chi connectivity index (χ1n) is 7.61. The summed E-state index contributed by atoms with van der Waals surface area (Å²) in [7, 11) is 0. The van der Waals surface area contributed by atoms with Gasteiger partial charge >= 0.3 is 0 Å². The minimum atomic E-state index is 0.293. The molecule has 0 unspecified atom stereocenters. The van der Waals surface area contributed by atoms with Crippen LogP contribution in [0.3, 0.4) is 0 Å². The highest BCUT2D eigenvalue weighted by Gasteiger charge is 2.30. The van der Waals surface area contributed by atoms with Crippen LogP contribution in [0.25, 0.3) is 0 Å². The van der Waals surface area contributed by atoms with Gasteiger partial charge in [0.2, 0.25) is 5.89 Å². The van der Waals surface area contributed by atoms with E-state index < -0.39 is 0 Å². The van der Waals surface area contributed by atoms with Crippen LogP contribution in [0.1, 0.15) is 60.9 Å². The Balaban J connectivity index is 1.66. The van der Waals surface area contributed by atoms with E-state index in [-0.39, 0.29) is 0 Å². The zero-order valence-electron chi connectivity index (χ0n) is 12.9. The Labute approximate surface area is 129 Å². The molecule has 0 N–H and O–H groups in total. The highest BCUT2D eigenvalue weighted by Crippen LogP contribution is 2.31. The molecule has 1 aliphatic heterocycles. The number of thiazole rings is 1. The lowest BCUT2D eigenvalue weighted by atomic mass is 10.2. The molecule has 6 heteroatoms. The van der Waals surface area contributed by atoms with Crippen molar-refractivity contribution in [1.29, 1.82) is 0 Å². The number of aryl methyl sites for hydroxylation is 1. The van der Waals surface area contributed by atoms with E-state index in [9.17, 15) is 0 Å². The molecular formula is C15H22N4OS. The van der Waals surface area contributed by atoms with Gasteiger partial charge in [0.05, 0.1) is 17.2 Å². The summed E-state index contributed by atoms with van der Waals surface area (Å²) in [6.45, 7) is 8.40. The number of aromatic nitrogens is 3. The predicted molar refractivity (Wildman–Crippen MR) is 82.5 cm³/mol. The van der Waals surface area contributed by atoms with Crippen LogP contribution in [0.5, 0.6) is 0 Å². The van der Waals surface area contributed by atoms with Gasteiger partial charge in [0.1, 0.15) is 0 Å². The zero-order valence-corrected chi connectivity index (χ0v) is 13.7. The summed E-state index contributed by atoms with van der Waals surface area (Å²) < 4.78 is 5.36. The molecule has 2 aromatic heterocycles. The van der Waals surface area contributed by atoms with Crippen LogP contribution in [0.4, 0.5) is 0 Å². The molecule has 0 aliphatic carbocycles. The lowest BCUT2D eigenvalue weighted by Crippen LogP contribution is -2.26. The Morgan fingerprint density at radius 2 is 2.33 bits per heavy atom. The van der Waals surface area contributed by atoms with Gasteiger partial charge < -0.3 is 4.52 Å². The molecule has 3 heterocycles. The molecular weight excluding hydrogens is 284 g/mol. The first-order valence-corrected chi connectivity index (χ1v) is 8.49. The van der Waals surface area contributed by atoms with Gasteiger partial charge in [-0.05, 0) is 32.7 Å². The molecule has 114 valence electrons. The molecule has 1 saturated heterocycles. The van der Waals surface area contributed by atoms with Crippen LogP contribution in [-0.2, 0) is 6.42 Å². The van der Waals surface area contributed by atoms with Gasteiger partial charge in [-0.3, -0.25) is 4.90 Å². The van der Waals surface area contributed by atoms with Crippen molar-refractivity contribution < 1.29 is 4.52 Å². The fourth-order valence-electron chi connectivity index (χ4n) is 2.81. The van der Waals surface area contributed by atoms with Gasteiger partial charge in [0, 0.05) is 17.3 Å². The number of hydrogen-bond donors (Lipinski definition) is 0. The monoisotopic (exact) mass is 306 g/mol. The van der Waals surface area contributed by atoms with E-state index in [4.69, 9.17) is 4.52 Å². The Bertz CT molecular complexity index is 592. The summed E-state index contributed by atoms with van der Waals surface area (Å²) in [6.07, 6.45) is 3.39. The fourth-order valence-corrected chi connectivity index (χ4v) is 3.59. The van der Waals surface area contributed by atoms with E-state index in [1.54, 1.807) is 11.3 Å². The molecule has 3 rings (SSSR count). The molecule has 2 aromatic rings. The van der Waals surface area contributed by atoms with E-state index in [2.05, 4.69) is 40.8 Å². The number of hydrogen-bond acceptors (Lipinski definition) is 6. The van der Waals surface area contributed by atoms with Crippen LogP contribution in [0.2, 0.25) is 0 Å². The zero-order chi connectivity index (χ0) is 14.8. The topological polar surface area (TPSA) is 55.1 Å². The van der Waals surface area contributed by atoms with E-state index in [0.29, 0.717) is 12.0 Å². The second-order valence-electron chi connectivity index (χ2n) is 5.95. The summed E-state index contributed by atoms with van der Waals surface area (Å²) in [4.78, 5) is 12.8. The number of likely N-dealkylation sites (tertiary alicyclic amines) is 1. The minimum Gasteiger partial charge on any atom is -0.339 e. The van der Waals surface area contributed by atoms with Crippen molar-refractivity contribution in [2.75, 3.05) is 13.1 Å². The Morgan fingerprint density at radius 3 is 3.00 bits per heavy atom. The predicted octanol–water partition coefficient (Wildman–Crippen LogP) is 3.34. The molecule has 0 saturated carbocycles. The molecule has 1 atom stereocenters. The maximum atomic E-state index is 5.36. The quantitative estimate of drug-likeness (QED) is 0.848. The highest BCUT2D eigenvalue weighted by molar-refractivity contribution is 7.09. The Hall–Kier alpha value is -1.27. The van der Waals surface area contributed by atoms with Crippen molar-refractivity contribution in [3.8, 4) is 0 Å². The second-order valence-corrected chi connectivity index (χ2v) is 6.89. The average molecular weight is 306 g/mol. The summed E-state index contributed by atoms with van der Waals surface area (Å²) in [6, 6.07) is 0.314. The van der Waals surface area contributed by atoms with Crippen molar-refractivity contribution in [1.82, 2.24) is 20.0 Å². The normalized spacial score (nSPS) is 19.7. The SMILES string of the molecule is Cc1ncsc1CCN1CCC[C@H]1c1noc(C(C)C)n1. The summed E-state index contributed by atoms with van der Waals surface area (Å²) >= 11 is 1.75. The Kier molecular flexibility index (Phi) is 4.35. The fraction of sp³-hybridized carbons (Fsp3) is 0.667. The van der Waals surface area contributed by atoms with Crippen LogP contribution >= 0.6 is 11.3 Å². The van der Waals surface area contributed by atoms with Crippen molar-refractivity contribution in [2.45, 2.75) is 52.0 Å². The minimum absolute atomic E-state index is 0.293. The third-order valence-electron chi connectivity index (χ3n) is 4.08. The van der Waals surface area contributed by atoms with Crippen LogP contribution < -0.4 is 0 Å². The molecule has 1 fully saturated rings. The maximum absolute atomic E-state index is 5.36. The van der Waals surface area contributed by atoms with E-state index in [0.717, 1.165) is 43.3 Å². The lowest BCUT2D eigenvalue weighted by Gasteiger charge is -2.21. The maximum Gasteiger partial charge on any atom is 0.229 e. The number of nitrogens with zero attached hydrogens (tertiary/aromatic N) is 4. The third-order valence-corrected chi connectivity index (χ3v) is 5.08. The van der Waals surface area contributed by atoms with E-state index in [1.165, 1.54) is 11.3 Å². The lowest BCUT2D eigenvalue weighted by molar-refractivity contribution is 0.245. The van der Waals surface area contributed by atoms with Crippen LogP contribution in [0.15, 0.2) is 10.0 Å². The first-order chi connectivity index (χ1) is 10.1. The van der Waals surface area contributed by atoms with Crippen LogP contribution in [0, 0.1) is 6.92 Å². The molecule has 1 aliphatic rings. The molecule has 5 nitrogen and oxygen atoms in total. The van der Waals surface area contributed by atoms with Crippen molar-refractivity contribution in [3.05, 3.63) is 27.8 Å². The van der Waals surface area contributed by atoms with E-state index in [1.807, 2.05) is 5.51 Å². The summed E-state index contributed by atoms with van der Waals surface area (Å²) in [5, 5.41) is 4.19. The molecule has 0 bridgehead atoms. The smallest absolute Gasteiger partial charge is 0.229 e. The highest BCUT2D eigenvalue weighted by atomic mass is 32.1.